The van der Waals surface area contributed by atoms with Crippen molar-refractivity contribution in [2.45, 2.75) is 38.3 Å². The molecule has 0 saturated carbocycles. The molecule has 0 spiro atoms. The molecular formula is C39H42N4O4. The molecule has 3 aliphatic heterocycles. The summed E-state index contributed by atoms with van der Waals surface area (Å²) in [5.74, 6) is 2.42. The molecule has 3 heterocycles. The molecule has 0 bridgehead atoms. The van der Waals surface area contributed by atoms with E-state index in [0.29, 0.717) is 26.1 Å². The lowest BCUT2D eigenvalue weighted by Crippen LogP contribution is -2.49. The van der Waals surface area contributed by atoms with Crippen LogP contribution in [-0.2, 0) is 23.3 Å². The highest BCUT2D eigenvalue weighted by molar-refractivity contribution is 5.99. The van der Waals surface area contributed by atoms with Crippen molar-refractivity contribution >= 4 is 17.5 Å². The fraction of sp³-hybridized carbons (Fsp3) is 0.333. The zero-order valence-corrected chi connectivity index (χ0v) is 27.2. The van der Waals surface area contributed by atoms with Crippen molar-refractivity contribution < 1.29 is 19.1 Å². The summed E-state index contributed by atoms with van der Waals surface area (Å²) in [5, 5.41) is 3.14. The summed E-state index contributed by atoms with van der Waals surface area (Å²) in [6, 6.07) is 30.2. The summed E-state index contributed by atoms with van der Waals surface area (Å²) in [7, 11) is 1.66. The Morgan fingerprint density at radius 1 is 0.894 bits per heavy atom. The number of rotatable bonds is 10. The van der Waals surface area contributed by atoms with E-state index < -0.39 is 5.41 Å². The predicted octanol–water partition coefficient (Wildman–Crippen LogP) is 5.98. The van der Waals surface area contributed by atoms with Crippen LogP contribution in [0.2, 0.25) is 0 Å². The molecule has 0 atom stereocenters. The summed E-state index contributed by atoms with van der Waals surface area (Å²) in [6.07, 6.45) is 1.56. The smallest absolute Gasteiger partial charge is 0.254 e. The highest BCUT2D eigenvalue weighted by atomic mass is 16.5. The van der Waals surface area contributed by atoms with Gasteiger partial charge in [-0.15, -0.1) is 0 Å². The minimum absolute atomic E-state index is 0.0289. The Labute approximate surface area is 276 Å². The fourth-order valence-corrected chi connectivity index (χ4v) is 7.48. The van der Waals surface area contributed by atoms with Crippen LogP contribution in [-0.4, -0.2) is 68.0 Å². The molecular weight excluding hydrogens is 588 g/mol. The number of piperazine rings is 1. The summed E-state index contributed by atoms with van der Waals surface area (Å²) >= 11 is 0. The normalized spacial score (nSPS) is 16.6. The minimum Gasteiger partial charge on any atom is -0.497 e. The number of carbonyl (C=O) groups excluding carboxylic acids is 2. The number of methoxy groups -OCH3 is 1. The largest absolute Gasteiger partial charge is 0.497 e. The Bertz CT molecular complexity index is 1740. The number of carbonyl (C=O) groups is 2. The van der Waals surface area contributed by atoms with Crippen LogP contribution in [0.5, 0.6) is 17.2 Å². The van der Waals surface area contributed by atoms with E-state index in [1.807, 2.05) is 84.6 Å². The maximum atomic E-state index is 14.0. The number of para-hydroxylation sites is 2. The summed E-state index contributed by atoms with van der Waals surface area (Å²) < 4.78 is 11.6. The molecule has 7 rings (SSSR count). The number of ether oxygens (including phenoxy) is 2. The van der Waals surface area contributed by atoms with Gasteiger partial charge in [-0.1, -0.05) is 54.6 Å². The first-order valence-electron chi connectivity index (χ1n) is 16.7. The van der Waals surface area contributed by atoms with Gasteiger partial charge in [-0.3, -0.25) is 14.5 Å². The number of fused-ring (bicyclic) bond motifs is 3. The number of hydrogen-bond acceptors (Lipinski definition) is 6. The minimum atomic E-state index is -0.805. The lowest BCUT2D eigenvalue weighted by molar-refractivity contribution is -0.125. The second-order valence-electron chi connectivity index (χ2n) is 12.6. The first-order valence-corrected chi connectivity index (χ1v) is 16.7. The van der Waals surface area contributed by atoms with Crippen molar-refractivity contribution in [3.05, 3.63) is 119 Å². The average Bonchev–Trinajstić information content (AvgIpc) is 3.42. The first kappa shape index (κ1) is 30.8. The van der Waals surface area contributed by atoms with Gasteiger partial charge in [0.2, 0.25) is 5.91 Å². The molecule has 1 saturated heterocycles. The van der Waals surface area contributed by atoms with Crippen molar-refractivity contribution in [2.24, 2.45) is 0 Å². The van der Waals surface area contributed by atoms with Gasteiger partial charge in [-0.25, -0.2) is 0 Å². The fourth-order valence-electron chi connectivity index (χ4n) is 7.48. The van der Waals surface area contributed by atoms with E-state index in [9.17, 15) is 9.59 Å². The molecule has 0 aromatic heterocycles. The Morgan fingerprint density at radius 3 is 2.32 bits per heavy atom. The maximum Gasteiger partial charge on any atom is 0.254 e. The van der Waals surface area contributed by atoms with Gasteiger partial charge in [0, 0.05) is 68.2 Å². The molecule has 1 N–H and O–H groups in total. The number of benzene rings is 4. The van der Waals surface area contributed by atoms with Crippen LogP contribution in [0.25, 0.3) is 0 Å². The van der Waals surface area contributed by atoms with Crippen LogP contribution in [0.4, 0.5) is 5.69 Å². The Balaban J connectivity index is 0.995. The van der Waals surface area contributed by atoms with Gasteiger partial charge < -0.3 is 24.6 Å². The van der Waals surface area contributed by atoms with Crippen LogP contribution in [0.3, 0.4) is 0 Å². The first-order chi connectivity index (χ1) is 23.0. The molecule has 0 unspecified atom stereocenters. The van der Waals surface area contributed by atoms with Gasteiger partial charge in [0.1, 0.15) is 22.7 Å². The van der Waals surface area contributed by atoms with Gasteiger partial charge >= 0.3 is 0 Å². The lowest BCUT2D eigenvalue weighted by atomic mass is 9.68. The summed E-state index contributed by atoms with van der Waals surface area (Å²) in [5.41, 5.74) is 5.11. The van der Waals surface area contributed by atoms with E-state index in [0.717, 1.165) is 89.9 Å². The van der Waals surface area contributed by atoms with Crippen LogP contribution in [0, 0.1) is 0 Å². The zero-order valence-electron chi connectivity index (χ0n) is 27.2. The van der Waals surface area contributed by atoms with Crippen molar-refractivity contribution in [3.8, 4) is 17.2 Å². The number of nitrogens with zero attached hydrogens (tertiary/aromatic N) is 3. The van der Waals surface area contributed by atoms with E-state index in [1.165, 1.54) is 0 Å². The number of hydrogen-bond donors (Lipinski definition) is 1. The van der Waals surface area contributed by atoms with Gasteiger partial charge in [0.05, 0.1) is 7.11 Å². The van der Waals surface area contributed by atoms with Crippen molar-refractivity contribution in [2.75, 3.05) is 51.3 Å². The van der Waals surface area contributed by atoms with Gasteiger partial charge in [-0.05, 0) is 73.8 Å². The van der Waals surface area contributed by atoms with Crippen LogP contribution < -0.4 is 19.7 Å². The van der Waals surface area contributed by atoms with E-state index >= 15 is 0 Å². The molecule has 0 radical (unpaired) electrons. The quantitative estimate of drug-likeness (QED) is 0.233. The molecule has 8 heteroatoms. The molecule has 3 aliphatic rings. The third-order valence-corrected chi connectivity index (χ3v) is 9.88. The molecule has 8 nitrogen and oxygen atoms in total. The Morgan fingerprint density at radius 2 is 1.62 bits per heavy atom. The highest BCUT2D eigenvalue weighted by Crippen LogP contribution is 2.50. The summed E-state index contributed by atoms with van der Waals surface area (Å²) in [6.45, 7) is 8.27. The van der Waals surface area contributed by atoms with Crippen molar-refractivity contribution in [3.63, 3.8) is 0 Å². The second kappa shape index (κ2) is 13.1. The Hall–Kier alpha value is -4.82. The van der Waals surface area contributed by atoms with Gasteiger partial charge in [-0.2, -0.15) is 0 Å². The van der Waals surface area contributed by atoms with Gasteiger partial charge in [0.15, 0.2) is 0 Å². The number of likely N-dealkylation sites (N-methyl/N-ethyl adjacent to an activating group) is 1. The Kier molecular flexibility index (Phi) is 8.60. The predicted molar refractivity (Wildman–Crippen MR) is 183 cm³/mol. The standard InChI is InChI=1S/C39H42N4O4/c1-3-40-38(45)39(33-12-4-6-14-35(33)47-36-15-7-5-13-34(36)39)18-9-19-41-20-22-42(23-21-41)30-17-16-29-27-43(37(44)32(29)25-30)26-28-10-8-11-31(24-28)46-2/h4-8,10-17,24-25H,3,9,18-23,26-27H2,1-2H3,(H,40,45). The second-order valence-corrected chi connectivity index (χ2v) is 12.6. The summed E-state index contributed by atoms with van der Waals surface area (Å²) in [4.78, 5) is 34.1. The third kappa shape index (κ3) is 5.82. The topological polar surface area (TPSA) is 74.4 Å². The monoisotopic (exact) mass is 630 g/mol. The molecule has 4 aromatic carbocycles. The van der Waals surface area contributed by atoms with E-state index in [2.05, 4.69) is 33.3 Å². The average molecular weight is 631 g/mol. The van der Waals surface area contributed by atoms with E-state index in [-0.39, 0.29) is 11.8 Å². The van der Waals surface area contributed by atoms with Crippen LogP contribution in [0.15, 0.2) is 91.0 Å². The molecule has 4 aromatic rings. The highest BCUT2D eigenvalue weighted by Gasteiger charge is 2.47. The molecule has 1 fully saturated rings. The SMILES string of the molecule is CCNC(=O)C1(CCCN2CCN(c3ccc4c(c3)C(=O)N(Cc3cccc(OC)c3)C4)CC2)c2ccccc2Oc2ccccc21. The molecule has 242 valence electrons. The number of anilines is 1. The van der Waals surface area contributed by atoms with E-state index in [4.69, 9.17) is 9.47 Å². The molecule has 2 amide bonds. The third-order valence-electron chi connectivity index (χ3n) is 9.88. The zero-order chi connectivity index (χ0) is 32.4. The van der Waals surface area contributed by atoms with Crippen LogP contribution >= 0.6 is 0 Å². The van der Waals surface area contributed by atoms with Gasteiger partial charge in [0.25, 0.3) is 5.91 Å². The molecule has 0 aliphatic carbocycles. The van der Waals surface area contributed by atoms with Crippen molar-refractivity contribution in [1.82, 2.24) is 15.1 Å². The lowest BCUT2D eigenvalue weighted by Gasteiger charge is -2.40. The number of amides is 2. The maximum absolute atomic E-state index is 14.0. The van der Waals surface area contributed by atoms with E-state index in [1.54, 1.807) is 7.11 Å². The molecule has 47 heavy (non-hydrogen) atoms. The number of nitrogens with one attached hydrogen (secondary N) is 1. The van der Waals surface area contributed by atoms with Crippen molar-refractivity contribution in [1.29, 1.82) is 0 Å². The van der Waals surface area contributed by atoms with Crippen LogP contribution in [0.1, 0.15) is 52.4 Å².